The number of nitrogens with zero attached hydrogens (tertiary/aromatic N) is 1. The Labute approximate surface area is 102 Å². The third-order valence-electron chi connectivity index (χ3n) is 2.95. The normalized spacial score (nSPS) is 20.1. The second kappa shape index (κ2) is 7.29. The molecule has 5 nitrogen and oxygen atoms in total. The number of piperidine rings is 1. The summed E-state index contributed by atoms with van der Waals surface area (Å²) in [4.78, 5) is 13.8. The SMILES string of the molecule is C=C(NCOCC)C(=O)N1CCCC[C@H]1CO. The Morgan fingerprint density at radius 3 is 3.00 bits per heavy atom. The lowest BCUT2D eigenvalue weighted by molar-refractivity contribution is -0.132. The molecule has 5 heteroatoms. The summed E-state index contributed by atoms with van der Waals surface area (Å²) in [7, 11) is 0. The Kier molecular flexibility index (Phi) is 6.00. The summed E-state index contributed by atoms with van der Waals surface area (Å²) in [5, 5.41) is 12.1. The lowest BCUT2D eigenvalue weighted by atomic mass is 10.0. The third kappa shape index (κ3) is 4.02. The van der Waals surface area contributed by atoms with Crippen molar-refractivity contribution in [3.05, 3.63) is 12.3 Å². The molecule has 1 rings (SSSR count). The van der Waals surface area contributed by atoms with Gasteiger partial charge in [0.1, 0.15) is 6.73 Å². The van der Waals surface area contributed by atoms with Crippen LogP contribution in [0.2, 0.25) is 0 Å². The summed E-state index contributed by atoms with van der Waals surface area (Å²) in [5.74, 6) is -0.136. The number of likely N-dealkylation sites (tertiary alicyclic amines) is 1. The van der Waals surface area contributed by atoms with Gasteiger partial charge in [-0.05, 0) is 26.2 Å². The highest BCUT2D eigenvalue weighted by Gasteiger charge is 2.27. The molecule has 1 aliphatic rings. The lowest BCUT2D eigenvalue weighted by Gasteiger charge is -2.35. The maximum Gasteiger partial charge on any atom is 0.269 e. The molecule has 1 fully saturated rings. The van der Waals surface area contributed by atoms with Crippen LogP contribution in [0.1, 0.15) is 26.2 Å². The molecule has 0 aromatic carbocycles. The van der Waals surface area contributed by atoms with Crippen molar-refractivity contribution >= 4 is 5.91 Å². The van der Waals surface area contributed by atoms with Crippen LogP contribution in [0.5, 0.6) is 0 Å². The molecule has 2 N–H and O–H groups in total. The van der Waals surface area contributed by atoms with E-state index in [9.17, 15) is 9.90 Å². The maximum atomic E-state index is 12.1. The van der Waals surface area contributed by atoms with Crippen molar-refractivity contribution in [2.75, 3.05) is 26.5 Å². The first-order valence-electron chi connectivity index (χ1n) is 6.13. The van der Waals surface area contributed by atoms with E-state index in [1.54, 1.807) is 4.90 Å². The van der Waals surface area contributed by atoms with Gasteiger partial charge in [0.05, 0.1) is 18.3 Å². The van der Waals surface area contributed by atoms with Gasteiger partial charge in [0.15, 0.2) is 0 Å². The van der Waals surface area contributed by atoms with Gasteiger partial charge in [-0.15, -0.1) is 0 Å². The van der Waals surface area contributed by atoms with Gasteiger partial charge in [-0.25, -0.2) is 0 Å². The molecule has 0 bridgehead atoms. The highest BCUT2D eigenvalue weighted by atomic mass is 16.5. The highest BCUT2D eigenvalue weighted by Crippen LogP contribution is 2.17. The first-order valence-corrected chi connectivity index (χ1v) is 6.13. The Morgan fingerprint density at radius 2 is 2.35 bits per heavy atom. The fourth-order valence-corrected chi connectivity index (χ4v) is 1.95. The van der Waals surface area contributed by atoms with Crippen LogP contribution in [-0.4, -0.2) is 48.4 Å². The van der Waals surface area contributed by atoms with Gasteiger partial charge in [0.25, 0.3) is 5.91 Å². The summed E-state index contributed by atoms with van der Waals surface area (Å²) in [5.41, 5.74) is 0.332. The third-order valence-corrected chi connectivity index (χ3v) is 2.95. The summed E-state index contributed by atoms with van der Waals surface area (Å²) in [6, 6.07) is -0.0677. The first-order chi connectivity index (χ1) is 8.20. The molecule has 1 heterocycles. The number of aliphatic hydroxyl groups excluding tert-OH is 1. The molecular weight excluding hydrogens is 220 g/mol. The van der Waals surface area contributed by atoms with Gasteiger partial charge in [-0.1, -0.05) is 6.58 Å². The molecule has 0 radical (unpaired) electrons. The number of carbonyl (C=O) groups excluding carboxylic acids is 1. The Balaban J connectivity index is 2.46. The van der Waals surface area contributed by atoms with Gasteiger partial charge in [-0.3, -0.25) is 4.79 Å². The summed E-state index contributed by atoms with van der Waals surface area (Å²) < 4.78 is 5.10. The molecule has 0 unspecified atom stereocenters. The van der Waals surface area contributed by atoms with Crippen LogP contribution >= 0.6 is 0 Å². The van der Waals surface area contributed by atoms with E-state index >= 15 is 0 Å². The Morgan fingerprint density at radius 1 is 1.59 bits per heavy atom. The first kappa shape index (κ1) is 14.0. The standard InChI is InChI=1S/C12H22N2O3/c1-3-17-9-13-10(2)12(16)14-7-5-4-6-11(14)8-15/h11,13,15H,2-9H2,1H3/t11-/m0/s1. The van der Waals surface area contributed by atoms with Crippen LogP contribution in [0.4, 0.5) is 0 Å². The van der Waals surface area contributed by atoms with Crippen molar-refractivity contribution in [3.8, 4) is 0 Å². The molecule has 0 spiro atoms. The largest absolute Gasteiger partial charge is 0.394 e. The number of hydrogen-bond donors (Lipinski definition) is 2. The number of carbonyl (C=O) groups is 1. The predicted octanol–water partition coefficient (Wildman–Crippen LogP) is 0.457. The van der Waals surface area contributed by atoms with Crippen molar-refractivity contribution in [2.45, 2.75) is 32.2 Å². The van der Waals surface area contributed by atoms with E-state index in [0.29, 0.717) is 25.6 Å². The van der Waals surface area contributed by atoms with Crippen LogP contribution < -0.4 is 5.32 Å². The van der Waals surface area contributed by atoms with Gasteiger partial charge >= 0.3 is 0 Å². The summed E-state index contributed by atoms with van der Waals surface area (Å²) >= 11 is 0. The highest BCUT2D eigenvalue weighted by molar-refractivity contribution is 5.92. The molecule has 0 aromatic rings. The van der Waals surface area contributed by atoms with Crippen molar-refractivity contribution in [3.63, 3.8) is 0 Å². The van der Waals surface area contributed by atoms with Crippen molar-refractivity contribution in [2.24, 2.45) is 0 Å². The molecule has 1 atom stereocenters. The average molecular weight is 242 g/mol. The smallest absolute Gasteiger partial charge is 0.269 e. The van der Waals surface area contributed by atoms with Gasteiger partial charge in [-0.2, -0.15) is 0 Å². The zero-order chi connectivity index (χ0) is 12.7. The van der Waals surface area contributed by atoms with Crippen LogP contribution in [0.3, 0.4) is 0 Å². The monoisotopic (exact) mass is 242 g/mol. The number of rotatable bonds is 6. The minimum absolute atomic E-state index is 0.0183. The van der Waals surface area contributed by atoms with Crippen LogP contribution in [0, 0.1) is 0 Å². The molecule has 0 aromatic heterocycles. The fraction of sp³-hybridized carbons (Fsp3) is 0.750. The second-order valence-electron chi connectivity index (χ2n) is 4.12. The fourth-order valence-electron chi connectivity index (χ4n) is 1.95. The van der Waals surface area contributed by atoms with Crippen LogP contribution in [0.25, 0.3) is 0 Å². The van der Waals surface area contributed by atoms with Gasteiger partial charge in [0.2, 0.25) is 0 Å². The number of hydrogen-bond acceptors (Lipinski definition) is 4. The quantitative estimate of drug-likeness (QED) is 0.403. The molecule has 98 valence electrons. The molecular formula is C12H22N2O3. The number of ether oxygens (including phenoxy) is 1. The average Bonchev–Trinajstić information content (AvgIpc) is 2.38. The lowest BCUT2D eigenvalue weighted by Crippen LogP contribution is -2.47. The summed E-state index contributed by atoms with van der Waals surface area (Å²) in [6.07, 6.45) is 2.91. The summed E-state index contributed by atoms with van der Waals surface area (Å²) in [6.45, 7) is 7.19. The molecule has 1 amide bonds. The zero-order valence-electron chi connectivity index (χ0n) is 10.4. The topological polar surface area (TPSA) is 61.8 Å². The van der Waals surface area contributed by atoms with E-state index in [1.165, 1.54) is 0 Å². The number of amides is 1. The van der Waals surface area contributed by atoms with Crippen molar-refractivity contribution in [1.29, 1.82) is 0 Å². The van der Waals surface area contributed by atoms with E-state index in [4.69, 9.17) is 4.74 Å². The maximum absolute atomic E-state index is 12.1. The minimum atomic E-state index is -0.136. The van der Waals surface area contributed by atoms with E-state index < -0.39 is 0 Å². The van der Waals surface area contributed by atoms with E-state index in [2.05, 4.69) is 11.9 Å². The molecule has 17 heavy (non-hydrogen) atoms. The second-order valence-corrected chi connectivity index (χ2v) is 4.12. The van der Waals surface area contributed by atoms with Crippen molar-refractivity contribution < 1.29 is 14.6 Å². The Hall–Kier alpha value is -1.07. The van der Waals surface area contributed by atoms with Crippen LogP contribution in [0.15, 0.2) is 12.3 Å². The van der Waals surface area contributed by atoms with E-state index in [0.717, 1.165) is 19.3 Å². The molecule has 1 aliphatic heterocycles. The zero-order valence-corrected chi connectivity index (χ0v) is 10.4. The van der Waals surface area contributed by atoms with E-state index in [1.807, 2.05) is 6.92 Å². The molecule has 0 saturated carbocycles. The number of nitrogens with one attached hydrogen (secondary N) is 1. The molecule has 1 saturated heterocycles. The van der Waals surface area contributed by atoms with Gasteiger partial charge in [0, 0.05) is 13.2 Å². The van der Waals surface area contributed by atoms with Crippen molar-refractivity contribution in [1.82, 2.24) is 10.2 Å². The number of aliphatic hydroxyl groups is 1. The van der Waals surface area contributed by atoms with Crippen LogP contribution in [-0.2, 0) is 9.53 Å². The van der Waals surface area contributed by atoms with E-state index in [-0.39, 0.29) is 18.6 Å². The minimum Gasteiger partial charge on any atom is -0.394 e. The van der Waals surface area contributed by atoms with Gasteiger partial charge < -0.3 is 20.1 Å². The Bertz CT molecular complexity index is 268. The predicted molar refractivity (Wildman–Crippen MR) is 65.2 cm³/mol. The molecule has 0 aliphatic carbocycles.